The number of para-hydroxylation sites is 2. The number of carbonyl (C=O) groups excluding carboxylic acids is 2. The van der Waals surface area contributed by atoms with Crippen molar-refractivity contribution in [2.45, 2.75) is 30.7 Å². The number of benzene rings is 2. The van der Waals surface area contributed by atoms with Crippen molar-refractivity contribution in [2.75, 3.05) is 32.6 Å². The first-order chi connectivity index (χ1) is 15.8. The Kier molecular flexibility index (Phi) is 7.93. The maximum absolute atomic E-state index is 13.0. The average Bonchev–Trinajstić information content (AvgIpc) is 2.84. The van der Waals surface area contributed by atoms with Gasteiger partial charge in [0.25, 0.3) is 0 Å². The lowest BCUT2D eigenvalue weighted by atomic mass is 9.98. The molecule has 0 aliphatic carbocycles. The highest BCUT2D eigenvalue weighted by Gasteiger charge is 2.34. The van der Waals surface area contributed by atoms with Crippen molar-refractivity contribution in [3.8, 4) is 11.5 Å². The van der Waals surface area contributed by atoms with Gasteiger partial charge in [-0.25, -0.2) is 8.42 Å². The normalized spacial score (nSPS) is 17.6. The molecule has 0 aromatic heterocycles. The molecule has 1 unspecified atom stereocenters. The van der Waals surface area contributed by atoms with Gasteiger partial charge in [-0.1, -0.05) is 12.1 Å². The van der Waals surface area contributed by atoms with Gasteiger partial charge in [-0.3, -0.25) is 9.59 Å². The van der Waals surface area contributed by atoms with Gasteiger partial charge >= 0.3 is 0 Å². The van der Waals surface area contributed by atoms with Crippen molar-refractivity contribution in [3.63, 3.8) is 0 Å². The number of ether oxygens (including phenoxy) is 2. The summed E-state index contributed by atoms with van der Waals surface area (Å²) >= 11 is 0. The molecule has 9 nitrogen and oxygen atoms in total. The topological polar surface area (TPSA) is 114 Å². The maximum atomic E-state index is 13.0. The molecule has 0 saturated carbocycles. The number of methoxy groups -OCH3 is 2. The van der Waals surface area contributed by atoms with Crippen LogP contribution >= 0.6 is 0 Å². The van der Waals surface area contributed by atoms with Gasteiger partial charge in [-0.05, 0) is 56.2 Å². The molecule has 2 N–H and O–H groups in total. The van der Waals surface area contributed by atoms with Gasteiger partial charge in [-0.15, -0.1) is 0 Å². The second-order valence-electron chi connectivity index (χ2n) is 7.80. The Morgan fingerprint density at radius 3 is 2.42 bits per heavy atom. The van der Waals surface area contributed by atoms with E-state index in [4.69, 9.17) is 9.47 Å². The van der Waals surface area contributed by atoms with Crippen LogP contribution in [0, 0.1) is 5.92 Å². The number of hydrogen-bond acceptors (Lipinski definition) is 6. The third kappa shape index (κ3) is 5.82. The van der Waals surface area contributed by atoms with Crippen molar-refractivity contribution < 1.29 is 27.5 Å². The Morgan fingerprint density at radius 2 is 1.76 bits per heavy atom. The molecule has 1 aliphatic rings. The standard InChI is InChI=1S/C23H29N3O6S/c1-16(22(27)25-20-8-4-5-9-21(20)32-3)24-23(28)17-7-6-14-26(15-17)33(29,30)19-12-10-18(31-2)11-13-19/h4-5,8-13,16-17H,6-7,14-15H2,1-3H3,(H,24,28)(H,25,27)/t16-,17?/m1/s1. The van der Waals surface area contributed by atoms with Crippen LogP contribution in [0.1, 0.15) is 19.8 Å². The summed E-state index contributed by atoms with van der Waals surface area (Å²) in [5, 5.41) is 5.44. The van der Waals surface area contributed by atoms with Crippen LogP contribution in [0.2, 0.25) is 0 Å². The number of rotatable bonds is 8. The molecule has 10 heteroatoms. The smallest absolute Gasteiger partial charge is 0.246 e. The Balaban J connectivity index is 1.62. The number of amides is 2. The monoisotopic (exact) mass is 475 g/mol. The minimum Gasteiger partial charge on any atom is -0.497 e. The maximum Gasteiger partial charge on any atom is 0.246 e. The number of nitrogens with one attached hydrogen (secondary N) is 2. The molecule has 2 aromatic carbocycles. The SMILES string of the molecule is COc1ccc(S(=O)(=O)N2CCCC(C(=O)N[C@H](C)C(=O)Nc3ccccc3OC)C2)cc1. The Morgan fingerprint density at radius 1 is 1.06 bits per heavy atom. The van der Waals surface area contributed by atoms with Crippen molar-refractivity contribution >= 4 is 27.5 Å². The van der Waals surface area contributed by atoms with Crippen LogP contribution in [0.15, 0.2) is 53.4 Å². The lowest BCUT2D eigenvalue weighted by Gasteiger charge is -2.31. The van der Waals surface area contributed by atoms with Crippen LogP contribution in [0.25, 0.3) is 0 Å². The number of carbonyl (C=O) groups is 2. The summed E-state index contributed by atoms with van der Waals surface area (Å²) < 4.78 is 37.7. The highest BCUT2D eigenvalue weighted by atomic mass is 32.2. The lowest BCUT2D eigenvalue weighted by molar-refractivity contribution is -0.129. The predicted molar refractivity (Wildman–Crippen MR) is 124 cm³/mol. The summed E-state index contributed by atoms with van der Waals surface area (Å²) in [6.45, 7) is 1.97. The summed E-state index contributed by atoms with van der Waals surface area (Å²) in [4.78, 5) is 25.5. The summed E-state index contributed by atoms with van der Waals surface area (Å²) in [7, 11) is -0.728. The summed E-state index contributed by atoms with van der Waals surface area (Å²) in [5.41, 5.74) is 0.500. The van der Waals surface area contributed by atoms with E-state index in [1.165, 1.54) is 30.7 Å². The van der Waals surface area contributed by atoms with E-state index >= 15 is 0 Å². The molecule has 0 bridgehead atoms. The van der Waals surface area contributed by atoms with Crippen LogP contribution in [-0.2, 0) is 19.6 Å². The van der Waals surface area contributed by atoms with Crippen LogP contribution in [-0.4, -0.2) is 57.9 Å². The van der Waals surface area contributed by atoms with Gasteiger partial charge in [0.05, 0.1) is 30.7 Å². The summed E-state index contributed by atoms with van der Waals surface area (Å²) in [6, 6.07) is 12.3. The average molecular weight is 476 g/mol. The quantitative estimate of drug-likeness (QED) is 0.605. The first-order valence-electron chi connectivity index (χ1n) is 10.6. The minimum atomic E-state index is -3.74. The minimum absolute atomic E-state index is 0.0566. The zero-order chi connectivity index (χ0) is 24.0. The largest absolute Gasteiger partial charge is 0.497 e. The van der Waals surface area contributed by atoms with Crippen LogP contribution in [0.5, 0.6) is 11.5 Å². The molecule has 2 aromatic rings. The third-order valence-corrected chi connectivity index (χ3v) is 7.45. The Hall–Kier alpha value is -3.11. The zero-order valence-electron chi connectivity index (χ0n) is 18.9. The van der Waals surface area contributed by atoms with Crippen molar-refractivity contribution in [2.24, 2.45) is 5.92 Å². The van der Waals surface area contributed by atoms with Gasteiger partial charge in [0.1, 0.15) is 17.5 Å². The predicted octanol–water partition coefficient (Wildman–Crippen LogP) is 2.25. The van der Waals surface area contributed by atoms with E-state index in [1.807, 2.05) is 0 Å². The fourth-order valence-electron chi connectivity index (χ4n) is 3.66. The van der Waals surface area contributed by atoms with E-state index in [9.17, 15) is 18.0 Å². The number of sulfonamides is 1. The first-order valence-corrected chi connectivity index (χ1v) is 12.1. The van der Waals surface area contributed by atoms with E-state index in [0.717, 1.165) is 0 Å². The number of piperidine rings is 1. The van der Waals surface area contributed by atoms with E-state index < -0.39 is 27.9 Å². The number of nitrogens with zero attached hydrogens (tertiary/aromatic N) is 1. The van der Waals surface area contributed by atoms with E-state index in [0.29, 0.717) is 36.6 Å². The highest BCUT2D eigenvalue weighted by molar-refractivity contribution is 7.89. The van der Waals surface area contributed by atoms with Gasteiger partial charge in [0.2, 0.25) is 21.8 Å². The molecular weight excluding hydrogens is 446 g/mol. The molecule has 1 aliphatic heterocycles. The lowest BCUT2D eigenvalue weighted by Crippen LogP contribution is -2.49. The molecule has 178 valence electrons. The van der Waals surface area contributed by atoms with E-state index in [-0.39, 0.29) is 17.3 Å². The number of anilines is 1. The zero-order valence-corrected chi connectivity index (χ0v) is 19.7. The molecule has 1 fully saturated rings. The molecular formula is C23H29N3O6S. The molecule has 2 atom stereocenters. The highest BCUT2D eigenvalue weighted by Crippen LogP contribution is 2.26. The molecule has 0 radical (unpaired) electrons. The second kappa shape index (κ2) is 10.7. The van der Waals surface area contributed by atoms with Crippen LogP contribution in [0.3, 0.4) is 0 Å². The molecule has 0 spiro atoms. The van der Waals surface area contributed by atoms with Crippen LogP contribution < -0.4 is 20.1 Å². The van der Waals surface area contributed by atoms with Crippen molar-refractivity contribution in [1.29, 1.82) is 0 Å². The van der Waals surface area contributed by atoms with Gasteiger partial charge in [0, 0.05) is 13.1 Å². The fourth-order valence-corrected chi connectivity index (χ4v) is 5.18. The van der Waals surface area contributed by atoms with Crippen molar-refractivity contribution in [1.82, 2.24) is 9.62 Å². The molecule has 3 rings (SSSR count). The van der Waals surface area contributed by atoms with Gasteiger partial charge in [-0.2, -0.15) is 4.31 Å². The summed E-state index contributed by atoms with van der Waals surface area (Å²) in [6.07, 6.45) is 1.09. The third-order valence-electron chi connectivity index (χ3n) is 5.57. The first kappa shape index (κ1) is 24.5. The van der Waals surface area contributed by atoms with Crippen molar-refractivity contribution in [3.05, 3.63) is 48.5 Å². The molecule has 2 amide bonds. The van der Waals surface area contributed by atoms with E-state index in [2.05, 4.69) is 10.6 Å². The van der Waals surface area contributed by atoms with Crippen LogP contribution in [0.4, 0.5) is 5.69 Å². The molecule has 1 saturated heterocycles. The molecule has 1 heterocycles. The molecule has 33 heavy (non-hydrogen) atoms. The Bertz CT molecular complexity index is 1090. The van der Waals surface area contributed by atoms with Gasteiger partial charge in [0.15, 0.2) is 0 Å². The second-order valence-corrected chi connectivity index (χ2v) is 9.74. The number of hydrogen-bond donors (Lipinski definition) is 2. The Labute approximate surface area is 194 Å². The van der Waals surface area contributed by atoms with Gasteiger partial charge < -0.3 is 20.1 Å². The van der Waals surface area contributed by atoms with E-state index in [1.54, 1.807) is 43.3 Å². The fraction of sp³-hybridized carbons (Fsp3) is 0.391. The summed E-state index contributed by atoms with van der Waals surface area (Å²) in [5.74, 6) is -0.228.